The Morgan fingerprint density at radius 2 is 1.86 bits per heavy atom. The van der Waals surface area contributed by atoms with Crippen LogP contribution in [0.3, 0.4) is 0 Å². The monoisotopic (exact) mass is 381 g/mol. The van der Waals surface area contributed by atoms with Crippen LogP contribution in [0.1, 0.15) is 17.7 Å². The molecule has 2 amide bonds. The van der Waals surface area contributed by atoms with Gasteiger partial charge in [-0.05, 0) is 30.2 Å². The van der Waals surface area contributed by atoms with Gasteiger partial charge in [-0.15, -0.1) is 0 Å². The first-order chi connectivity index (χ1) is 13.5. The molecule has 3 heterocycles. The van der Waals surface area contributed by atoms with Gasteiger partial charge in [0.1, 0.15) is 0 Å². The smallest absolute Gasteiger partial charge is 0.251 e. The van der Waals surface area contributed by atoms with Crippen LogP contribution < -0.4 is 4.90 Å². The second-order valence-corrected chi connectivity index (χ2v) is 7.23. The SMILES string of the molecule is O=C1C[C@@H](N2CCc3c([nH]c4ccccc34)C2)C(=O)N1c1ccc(F)c(F)c1. The Morgan fingerprint density at radius 1 is 1.04 bits per heavy atom. The first kappa shape index (κ1) is 17.1. The van der Waals surface area contributed by atoms with Crippen molar-refractivity contribution >= 4 is 28.4 Å². The first-order valence-corrected chi connectivity index (χ1v) is 9.17. The molecule has 1 saturated heterocycles. The van der Waals surface area contributed by atoms with Crippen LogP contribution in [-0.2, 0) is 22.6 Å². The summed E-state index contributed by atoms with van der Waals surface area (Å²) in [4.78, 5) is 31.8. The lowest BCUT2D eigenvalue weighted by Crippen LogP contribution is -2.44. The maximum atomic E-state index is 13.6. The van der Waals surface area contributed by atoms with E-state index in [1.165, 1.54) is 17.0 Å². The summed E-state index contributed by atoms with van der Waals surface area (Å²) in [5.74, 6) is -2.89. The van der Waals surface area contributed by atoms with E-state index in [2.05, 4.69) is 11.1 Å². The van der Waals surface area contributed by atoms with Gasteiger partial charge in [-0.25, -0.2) is 13.7 Å². The lowest BCUT2D eigenvalue weighted by molar-refractivity contribution is -0.123. The number of hydrogen-bond donors (Lipinski definition) is 1. The van der Waals surface area contributed by atoms with Crippen LogP contribution in [0, 0.1) is 11.6 Å². The van der Waals surface area contributed by atoms with E-state index in [1.54, 1.807) is 0 Å². The number of hydrogen-bond acceptors (Lipinski definition) is 3. The number of nitrogens with one attached hydrogen (secondary N) is 1. The van der Waals surface area contributed by atoms with Gasteiger partial charge in [-0.1, -0.05) is 18.2 Å². The molecule has 0 bridgehead atoms. The summed E-state index contributed by atoms with van der Waals surface area (Å²) in [7, 11) is 0. The maximum Gasteiger partial charge on any atom is 0.251 e. The topological polar surface area (TPSA) is 56.4 Å². The fourth-order valence-electron chi connectivity index (χ4n) is 4.28. The average Bonchev–Trinajstić information content (AvgIpc) is 3.20. The van der Waals surface area contributed by atoms with Crippen LogP contribution >= 0.6 is 0 Å². The number of halogens is 2. The highest BCUT2D eigenvalue weighted by Crippen LogP contribution is 2.32. The molecule has 3 aromatic rings. The molecular formula is C21H17F2N3O2. The van der Waals surface area contributed by atoms with E-state index in [9.17, 15) is 18.4 Å². The minimum absolute atomic E-state index is 0.0351. The van der Waals surface area contributed by atoms with E-state index >= 15 is 0 Å². The molecular weight excluding hydrogens is 364 g/mol. The van der Waals surface area contributed by atoms with E-state index in [0.29, 0.717) is 13.1 Å². The average molecular weight is 381 g/mol. The van der Waals surface area contributed by atoms with E-state index in [0.717, 1.165) is 34.7 Å². The number of aromatic amines is 1. The molecule has 1 aromatic heterocycles. The summed E-state index contributed by atoms with van der Waals surface area (Å²) in [6.07, 6.45) is 0.815. The zero-order chi connectivity index (χ0) is 19.4. The molecule has 2 aliphatic rings. The molecule has 142 valence electrons. The minimum atomic E-state index is -1.08. The van der Waals surface area contributed by atoms with Crippen LogP contribution in [0.4, 0.5) is 14.5 Å². The third kappa shape index (κ3) is 2.54. The zero-order valence-electron chi connectivity index (χ0n) is 14.9. The highest BCUT2D eigenvalue weighted by molar-refractivity contribution is 6.22. The Bertz CT molecular complexity index is 1120. The molecule has 0 spiro atoms. The molecule has 1 N–H and O–H groups in total. The van der Waals surface area contributed by atoms with Gasteiger partial charge in [0.15, 0.2) is 11.6 Å². The fraction of sp³-hybridized carbons (Fsp3) is 0.238. The normalized spacial score (nSPS) is 20.2. The Morgan fingerprint density at radius 3 is 2.68 bits per heavy atom. The van der Waals surface area contributed by atoms with Gasteiger partial charge < -0.3 is 4.98 Å². The van der Waals surface area contributed by atoms with Crippen molar-refractivity contribution in [3.05, 3.63) is 65.4 Å². The Hall–Kier alpha value is -3.06. The van der Waals surface area contributed by atoms with Crippen molar-refractivity contribution < 1.29 is 18.4 Å². The molecule has 0 unspecified atom stereocenters. The summed E-state index contributed by atoms with van der Waals surface area (Å²) in [5.41, 5.74) is 3.44. The number of imide groups is 1. The maximum absolute atomic E-state index is 13.6. The molecule has 0 radical (unpaired) electrons. The third-order valence-corrected chi connectivity index (χ3v) is 5.64. The van der Waals surface area contributed by atoms with Gasteiger partial charge in [-0.3, -0.25) is 14.5 Å². The lowest BCUT2D eigenvalue weighted by Gasteiger charge is -2.30. The summed E-state index contributed by atoms with van der Waals surface area (Å²) in [6, 6.07) is 10.5. The van der Waals surface area contributed by atoms with Crippen molar-refractivity contribution in [1.82, 2.24) is 9.88 Å². The second-order valence-electron chi connectivity index (χ2n) is 7.23. The first-order valence-electron chi connectivity index (χ1n) is 9.17. The number of H-pyrrole nitrogens is 1. The number of para-hydroxylation sites is 1. The van der Waals surface area contributed by atoms with Crippen molar-refractivity contribution in [1.29, 1.82) is 0 Å². The molecule has 2 aromatic carbocycles. The molecule has 0 aliphatic carbocycles. The van der Waals surface area contributed by atoms with Crippen molar-refractivity contribution in [3.63, 3.8) is 0 Å². The number of aromatic nitrogens is 1. The summed E-state index contributed by atoms with van der Waals surface area (Å²) in [6.45, 7) is 1.20. The number of amides is 2. The quantitative estimate of drug-likeness (QED) is 0.694. The van der Waals surface area contributed by atoms with E-state index in [-0.39, 0.29) is 12.1 Å². The predicted molar refractivity (Wildman–Crippen MR) is 99.7 cm³/mol. The van der Waals surface area contributed by atoms with E-state index in [4.69, 9.17) is 0 Å². The highest BCUT2D eigenvalue weighted by atomic mass is 19.2. The Kier molecular flexibility index (Phi) is 3.80. The number of carbonyl (C=O) groups excluding carboxylic acids is 2. The van der Waals surface area contributed by atoms with Crippen LogP contribution in [0.15, 0.2) is 42.5 Å². The molecule has 1 atom stereocenters. The van der Waals surface area contributed by atoms with Gasteiger partial charge in [0.25, 0.3) is 5.91 Å². The summed E-state index contributed by atoms with van der Waals surface area (Å²) >= 11 is 0. The van der Waals surface area contributed by atoms with E-state index < -0.39 is 29.5 Å². The Balaban J connectivity index is 1.42. The summed E-state index contributed by atoms with van der Waals surface area (Å²) < 4.78 is 26.8. The van der Waals surface area contributed by atoms with Crippen LogP contribution in [-0.4, -0.2) is 34.3 Å². The number of rotatable bonds is 2. The molecule has 2 aliphatic heterocycles. The second kappa shape index (κ2) is 6.24. The number of benzene rings is 2. The number of fused-ring (bicyclic) bond motifs is 3. The highest BCUT2D eigenvalue weighted by Gasteiger charge is 2.43. The largest absolute Gasteiger partial charge is 0.357 e. The van der Waals surface area contributed by atoms with Gasteiger partial charge in [0.2, 0.25) is 5.91 Å². The predicted octanol–water partition coefficient (Wildman–Crippen LogP) is 3.14. The van der Waals surface area contributed by atoms with Gasteiger partial charge >= 0.3 is 0 Å². The molecule has 0 saturated carbocycles. The molecule has 5 nitrogen and oxygen atoms in total. The zero-order valence-corrected chi connectivity index (χ0v) is 14.9. The minimum Gasteiger partial charge on any atom is -0.357 e. The van der Waals surface area contributed by atoms with Crippen molar-refractivity contribution in [2.45, 2.75) is 25.4 Å². The third-order valence-electron chi connectivity index (χ3n) is 5.64. The number of nitrogens with zero attached hydrogens (tertiary/aromatic N) is 2. The fourth-order valence-corrected chi connectivity index (χ4v) is 4.28. The molecule has 28 heavy (non-hydrogen) atoms. The van der Waals surface area contributed by atoms with E-state index in [1.807, 2.05) is 23.1 Å². The van der Waals surface area contributed by atoms with Crippen LogP contribution in [0.2, 0.25) is 0 Å². The Labute approximate surface area is 159 Å². The van der Waals surface area contributed by atoms with Gasteiger partial charge in [0.05, 0.1) is 18.2 Å². The van der Waals surface area contributed by atoms with Crippen molar-refractivity contribution in [3.8, 4) is 0 Å². The molecule has 1 fully saturated rings. The van der Waals surface area contributed by atoms with Gasteiger partial charge in [0, 0.05) is 35.8 Å². The standard InChI is InChI=1S/C21H17F2N3O2/c22-15-6-5-12(9-16(15)23)26-20(27)10-19(21(26)28)25-8-7-14-13-3-1-2-4-17(13)24-18(14)11-25/h1-6,9,19,24H,7-8,10-11H2/t19-/m1/s1. The molecule has 7 heteroatoms. The summed E-state index contributed by atoms with van der Waals surface area (Å²) in [5, 5.41) is 1.19. The number of anilines is 1. The van der Waals surface area contributed by atoms with Gasteiger partial charge in [-0.2, -0.15) is 0 Å². The number of carbonyl (C=O) groups is 2. The van der Waals surface area contributed by atoms with Crippen LogP contribution in [0.25, 0.3) is 10.9 Å². The lowest BCUT2D eigenvalue weighted by atomic mass is 10.0. The molecule has 5 rings (SSSR count). The van der Waals surface area contributed by atoms with Crippen molar-refractivity contribution in [2.75, 3.05) is 11.4 Å². The van der Waals surface area contributed by atoms with Crippen molar-refractivity contribution in [2.24, 2.45) is 0 Å². The van der Waals surface area contributed by atoms with Crippen LogP contribution in [0.5, 0.6) is 0 Å².